The summed E-state index contributed by atoms with van der Waals surface area (Å²) in [7, 11) is 0. The molecule has 0 spiro atoms. The van der Waals surface area contributed by atoms with Crippen LogP contribution in [0.2, 0.25) is 0 Å². The Balaban J connectivity index is 1.68. The van der Waals surface area contributed by atoms with Gasteiger partial charge in [0, 0.05) is 5.38 Å². The van der Waals surface area contributed by atoms with Crippen LogP contribution in [0.3, 0.4) is 0 Å². The second kappa shape index (κ2) is 7.98. The molecule has 2 heterocycles. The topological polar surface area (TPSA) is 79.7 Å². The van der Waals surface area contributed by atoms with Crippen LogP contribution >= 0.6 is 11.3 Å². The number of benzene rings is 1. The van der Waals surface area contributed by atoms with Crippen molar-refractivity contribution in [2.24, 2.45) is 0 Å². The van der Waals surface area contributed by atoms with Gasteiger partial charge in [-0.05, 0) is 25.5 Å². The summed E-state index contributed by atoms with van der Waals surface area (Å²) in [6.45, 7) is 3.46. The van der Waals surface area contributed by atoms with E-state index in [2.05, 4.69) is 4.98 Å². The lowest BCUT2D eigenvalue weighted by Gasteiger charge is -2.20. The van der Waals surface area contributed by atoms with Crippen LogP contribution in [0.5, 0.6) is 0 Å². The number of aliphatic hydroxyl groups excluding tert-OH is 1. The van der Waals surface area contributed by atoms with Crippen molar-refractivity contribution < 1.29 is 23.8 Å². The van der Waals surface area contributed by atoms with E-state index in [-0.39, 0.29) is 0 Å². The van der Waals surface area contributed by atoms with Gasteiger partial charge in [0.2, 0.25) is 5.91 Å². The largest absolute Gasteiger partial charge is 0.439 e. The molecule has 1 N–H and O–H groups in total. The van der Waals surface area contributed by atoms with Gasteiger partial charge in [0.25, 0.3) is 0 Å². The Bertz CT molecular complexity index is 868. The molecule has 1 fully saturated rings. The van der Waals surface area contributed by atoms with Crippen molar-refractivity contribution >= 4 is 29.4 Å². The van der Waals surface area contributed by atoms with Crippen molar-refractivity contribution in [2.45, 2.75) is 38.5 Å². The van der Waals surface area contributed by atoms with E-state index in [1.807, 2.05) is 18.2 Å². The molecule has 0 aliphatic carbocycles. The summed E-state index contributed by atoms with van der Waals surface area (Å²) >= 11 is 1.35. The van der Waals surface area contributed by atoms with Gasteiger partial charge in [-0.25, -0.2) is 19.1 Å². The average molecular weight is 390 g/mol. The van der Waals surface area contributed by atoms with Gasteiger partial charge < -0.3 is 9.84 Å². The van der Waals surface area contributed by atoms with Crippen LogP contribution in [0.15, 0.2) is 41.5 Å². The van der Waals surface area contributed by atoms with E-state index in [0.29, 0.717) is 5.69 Å². The van der Waals surface area contributed by atoms with Crippen LogP contribution in [-0.2, 0) is 9.53 Å². The summed E-state index contributed by atoms with van der Waals surface area (Å²) in [4.78, 5) is 29.6. The highest BCUT2D eigenvalue weighted by atomic mass is 32.1. The maximum absolute atomic E-state index is 14.2. The summed E-state index contributed by atoms with van der Waals surface area (Å²) in [5.74, 6) is -1.58. The van der Waals surface area contributed by atoms with E-state index in [9.17, 15) is 19.1 Å². The monoisotopic (exact) mass is 390 g/mol. The summed E-state index contributed by atoms with van der Waals surface area (Å²) in [6, 6.07) is 8.50. The van der Waals surface area contributed by atoms with Crippen molar-refractivity contribution in [1.82, 2.24) is 9.88 Å². The molecule has 8 heteroatoms. The lowest BCUT2D eigenvalue weighted by Crippen LogP contribution is -2.39. The number of aryl methyl sites for hydroxylation is 1. The smallest absolute Gasteiger partial charge is 0.417 e. The summed E-state index contributed by atoms with van der Waals surface area (Å²) in [5.41, 5.74) is 1.14. The highest BCUT2D eigenvalue weighted by molar-refractivity contribution is 7.09. The lowest BCUT2D eigenvalue weighted by molar-refractivity contribution is -0.130. The maximum Gasteiger partial charge on any atom is 0.417 e. The summed E-state index contributed by atoms with van der Waals surface area (Å²) < 4.78 is 19.5. The molecule has 1 aliphatic heterocycles. The van der Waals surface area contributed by atoms with Gasteiger partial charge in [0.05, 0.1) is 23.2 Å². The molecule has 0 bridgehead atoms. The number of halogens is 1. The number of rotatable bonds is 5. The van der Waals surface area contributed by atoms with E-state index >= 15 is 0 Å². The number of aromatic nitrogens is 1. The third-order valence-corrected chi connectivity index (χ3v) is 5.07. The third-order valence-electron chi connectivity index (χ3n) is 4.28. The van der Waals surface area contributed by atoms with Crippen molar-refractivity contribution in [3.8, 4) is 0 Å². The van der Waals surface area contributed by atoms with Crippen molar-refractivity contribution in [3.05, 3.63) is 57.8 Å². The van der Waals surface area contributed by atoms with E-state index < -0.39 is 42.5 Å². The van der Waals surface area contributed by atoms with Crippen LogP contribution in [0.4, 0.5) is 9.18 Å². The van der Waals surface area contributed by atoms with Crippen molar-refractivity contribution in [3.63, 3.8) is 0 Å². The van der Waals surface area contributed by atoms with E-state index in [1.165, 1.54) is 11.3 Å². The molecule has 3 unspecified atom stereocenters. The number of hydrogen-bond donors (Lipinski definition) is 1. The second-order valence-corrected chi connectivity index (χ2v) is 7.32. The molecule has 1 aromatic heterocycles. The Labute approximate surface area is 159 Å². The second-order valence-electron chi connectivity index (χ2n) is 6.26. The standard InChI is InChI=1S/C19H19FN2O4S/c1-11-18(13-6-4-3-5-7-13)26-19(25)22(11)17(24)9-16(23)15(20)8-14-10-27-12(2)21-14/h3-8,10-11,16,18,23H,9H2,1-2H3/b15-8-. The Morgan fingerprint density at radius 1 is 1.44 bits per heavy atom. The number of amides is 2. The molecule has 27 heavy (non-hydrogen) atoms. The Hall–Kier alpha value is -2.58. The Morgan fingerprint density at radius 2 is 2.15 bits per heavy atom. The number of carbonyl (C=O) groups excluding carboxylic acids is 2. The van der Waals surface area contributed by atoms with Crippen molar-refractivity contribution in [1.29, 1.82) is 0 Å². The first kappa shape index (κ1) is 19.2. The van der Waals surface area contributed by atoms with Crippen LogP contribution in [-0.4, -0.2) is 39.1 Å². The molecule has 1 aliphatic rings. The van der Waals surface area contributed by atoms with Crippen LogP contribution < -0.4 is 0 Å². The van der Waals surface area contributed by atoms with E-state index in [0.717, 1.165) is 21.5 Å². The number of thiazole rings is 1. The van der Waals surface area contributed by atoms with E-state index in [1.54, 1.807) is 31.4 Å². The first-order chi connectivity index (χ1) is 12.9. The fourth-order valence-corrected chi connectivity index (χ4v) is 3.50. The minimum atomic E-state index is -1.66. The minimum absolute atomic E-state index is 0.375. The zero-order valence-electron chi connectivity index (χ0n) is 14.8. The molecule has 0 radical (unpaired) electrons. The van der Waals surface area contributed by atoms with Crippen LogP contribution in [0.25, 0.3) is 6.08 Å². The number of aliphatic hydroxyl groups is 1. The fourth-order valence-electron chi connectivity index (χ4n) is 2.93. The summed E-state index contributed by atoms with van der Waals surface area (Å²) in [6.07, 6.45) is -2.53. The quantitative estimate of drug-likeness (QED) is 0.843. The highest BCUT2D eigenvalue weighted by Crippen LogP contribution is 2.33. The summed E-state index contributed by atoms with van der Waals surface area (Å²) in [5, 5.41) is 12.4. The van der Waals surface area contributed by atoms with E-state index in [4.69, 9.17) is 4.74 Å². The molecule has 142 valence electrons. The molecule has 2 amide bonds. The molecule has 1 aromatic carbocycles. The number of hydrogen-bond acceptors (Lipinski definition) is 6. The molecular formula is C19H19FN2O4S. The predicted molar refractivity (Wildman–Crippen MR) is 98.5 cm³/mol. The Morgan fingerprint density at radius 3 is 2.78 bits per heavy atom. The van der Waals surface area contributed by atoms with Gasteiger partial charge in [0.15, 0.2) is 0 Å². The van der Waals surface area contributed by atoms with Crippen molar-refractivity contribution in [2.75, 3.05) is 0 Å². The van der Waals surface area contributed by atoms with Gasteiger partial charge in [-0.3, -0.25) is 4.79 Å². The highest BCUT2D eigenvalue weighted by Gasteiger charge is 2.43. The molecule has 3 rings (SSSR count). The third kappa shape index (κ3) is 4.23. The number of carbonyl (C=O) groups is 2. The zero-order chi connectivity index (χ0) is 19.6. The zero-order valence-corrected chi connectivity index (χ0v) is 15.6. The molecule has 2 aromatic rings. The first-order valence-electron chi connectivity index (χ1n) is 8.41. The molecule has 1 saturated heterocycles. The lowest BCUT2D eigenvalue weighted by atomic mass is 10.0. The van der Waals surface area contributed by atoms with Crippen LogP contribution in [0, 0.1) is 6.92 Å². The molecule has 3 atom stereocenters. The molecule has 0 saturated carbocycles. The van der Waals surface area contributed by atoms with Gasteiger partial charge in [-0.2, -0.15) is 0 Å². The number of imide groups is 1. The molecule has 6 nitrogen and oxygen atoms in total. The minimum Gasteiger partial charge on any atom is -0.439 e. The normalized spacial score (nSPS) is 21.3. The SMILES string of the molecule is Cc1nc(/C=C(\F)C(O)CC(=O)N2C(=O)OC(c3ccccc3)C2C)cs1. The Kier molecular flexibility index (Phi) is 5.67. The van der Waals surface area contributed by atoms with Gasteiger partial charge in [0.1, 0.15) is 18.0 Å². The first-order valence-corrected chi connectivity index (χ1v) is 9.29. The maximum atomic E-state index is 14.2. The number of nitrogens with zero attached hydrogens (tertiary/aromatic N) is 2. The fraction of sp³-hybridized carbons (Fsp3) is 0.316. The average Bonchev–Trinajstić information content (AvgIpc) is 3.17. The number of cyclic esters (lactones) is 1. The van der Waals surface area contributed by atoms with Gasteiger partial charge in [-0.15, -0.1) is 11.3 Å². The predicted octanol–water partition coefficient (Wildman–Crippen LogP) is 3.62. The van der Waals surface area contributed by atoms with Gasteiger partial charge in [-0.1, -0.05) is 30.3 Å². The molecular weight excluding hydrogens is 371 g/mol. The number of ether oxygens (including phenoxy) is 1. The van der Waals surface area contributed by atoms with Gasteiger partial charge >= 0.3 is 6.09 Å². The van der Waals surface area contributed by atoms with Crippen LogP contribution in [0.1, 0.15) is 35.7 Å².